The Hall–Kier alpha value is -2.66. The monoisotopic (exact) mass is 450 g/mol. The number of nitrogens with zero attached hydrogens (tertiary/aromatic N) is 1. The average molecular weight is 451 g/mol. The molecule has 3 rings (SSSR count). The minimum Gasteiger partial charge on any atom is -0.444 e. The molecule has 2 atom stereocenters. The number of nitrogens with one attached hydrogen (secondary N) is 1. The number of hydrogen-bond donors (Lipinski definition) is 2. The number of pyridine rings is 1. The quantitative estimate of drug-likeness (QED) is 0.496. The molecule has 2 N–H and O–H groups in total. The molecule has 1 amide bonds. The molecule has 178 valence electrons. The number of ether oxygens (including phenoxy) is 1. The summed E-state index contributed by atoms with van der Waals surface area (Å²) in [5.41, 5.74) is 5.18. The number of hydrogen-bond acceptors (Lipinski definition) is 4. The van der Waals surface area contributed by atoms with Gasteiger partial charge in [-0.15, -0.1) is 0 Å². The predicted octanol–water partition coefficient (Wildman–Crippen LogP) is 6.28. The highest BCUT2D eigenvalue weighted by Gasteiger charge is 2.46. The Morgan fingerprint density at radius 1 is 1.24 bits per heavy atom. The summed E-state index contributed by atoms with van der Waals surface area (Å²) in [6, 6.07) is 12.1. The van der Waals surface area contributed by atoms with Crippen LogP contribution in [0, 0.1) is 12.3 Å². The van der Waals surface area contributed by atoms with Crippen LogP contribution in [0.3, 0.4) is 0 Å². The van der Waals surface area contributed by atoms with E-state index in [0.717, 1.165) is 54.6 Å². The first-order valence-corrected chi connectivity index (χ1v) is 11.9. The smallest absolute Gasteiger partial charge is 0.408 e. The van der Waals surface area contributed by atoms with Gasteiger partial charge in [0.2, 0.25) is 0 Å². The molecule has 0 radical (unpaired) electrons. The summed E-state index contributed by atoms with van der Waals surface area (Å²) in [7, 11) is 0. The number of allylic oxidation sites excluding steroid dienone is 1. The van der Waals surface area contributed by atoms with Gasteiger partial charge in [0.1, 0.15) is 5.60 Å². The third-order valence-electron chi connectivity index (χ3n) is 6.48. The van der Waals surface area contributed by atoms with E-state index in [1.165, 1.54) is 11.1 Å². The topological polar surface area (TPSA) is 71.5 Å². The first kappa shape index (κ1) is 25.0. The number of aliphatic hydroxyl groups is 1. The first-order valence-electron chi connectivity index (χ1n) is 11.9. The molecule has 1 aliphatic rings. The zero-order valence-corrected chi connectivity index (χ0v) is 20.7. The average Bonchev–Trinajstić information content (AvgIpc) is 3.04. The summed E-state index contributed by atoms with van der Waals surface area (Å²) in [5.74, 6) is 0. The van der Waals surface area contributed by atoms with Crippen LogP contribution in [0.5, 0.6) is 0 Å². The van der Waals surface area contributed by atoms with E-state index in [-0.39, 0.29) is 24.2 Å². The summed E-state index contributed by atoms with van der Waals surface area (Å²) in [6.07, 6.45) is 4.10. The Bertz CT molecular complexity index is 1010. The minimum atomic E-state index is -0.554. The van der Waals surface area contributed by atoms with Crippen molar-refractivity contribution in [2.24, 2.45) is 5.41 Å². The van der Waals surface area contributed by atoms with Gasteiger partial charge in [-0.1, -0.05) is 50.3 Å². The van der Waals surface area contributed by atoms with Gasteiger partial charge in [-0.25, -0.2) is 4.79 Å². The van der Waals surface area contributed by atoms with Crippen LogP contribution in [-0.2, 0) is 17.8 Å². The molecule has 0 bridgehead atoms. The summed E-state index contributed by atoms with van der Waals surface area (Å²) in [4.78, 5) is 17.5. The Labute approximate surface area is 198 Å². The summed E-state index contributed by atoms with van der Waals surface area (Å²) < 4.78 is 5.62. The Balaban J connectivity index is 1.89. The van der Waals surface area contributed by atoms with Crippen LogP contribution < -0.4 is 5.32 Å². The van der Waals surface area contributed by atoms with E-state index in [2.05, 4.69) is 42.0 Å². The van der Waals surface area contributed by atoms with Gasteiger partial charge < -0.3 is 15.2 Å². The van der Waals surface area contributed by atoms with E-state index < -0.39 is 5.60 Å². The number of alkyl carbamates (subject to hydrolysis) is 1. The molecule has 1 aromatic carbocycles. The third-order valence-corrected chi connectivity index (χ3v) is 6.48. The van der Waals surface area contributed by atoms with Crippen molar-refractivity contribution in [1.29, 1.82) is 0 Å². The molecule has 33 heavy (non-hydrogen) atoms. The Kier molecular flexibility index (Phi) is 7.63. The molecule has 2 unspecified atom stereocenters. The van der Waals surface area contributed by atoms with Crippen molar-refractivity contribution in [1.82, 2.24) is 10.3 Å². The van der Waals surface area contributed by atoms with Gasteiger partial charge in [0, 0.05) is 11.3 Å². The number of amides is 1. The van der Waals surface area contributed by atoms with E-state index in [9.17, 15) is 9.90 Å². The Morgan fingerprint density at radius 3 is 2.64 bits per heavy atom. The summed E-state index contributed by atoms with van der Waals surface area (Å²) in [5, 5.41) is 13.0. The van der Waals surface area contributed by atoms with Gasteiger partial charge in [-0.2, -0.15) is 0 Å². The van der Waals surface area contributed by atoms with Gasteiger partial charge in [-0.3, -0.25) is 4.98 Å². The molecule has 5 nitrogen and oxygen atoms in total. The molecule has 2 aromatic rings. The highest BCUT2D eigenvalue weighted by atomic mass is 16.6. The van der Waals surface area contributed by atoms with Gasteiger partial charge in [0.25, 0.3) is 0 Å². The predicted molar refractivity (Wildman–Crippen MR) is 133 cm³/mol. The van der Waals surface area contributed by atoms with E-state index in [4.69, 9.17) is 4.74 Å². The lowest BCUT2D eigenvalue weighted by molar-refractivity contribution is 0.0435. The van der Waals surface area contributed by atoms with E-state index in [1.54, 1.807) is 0 Å². The second-order valence-electron chi connectivity index (χ2n) is 10.3. The van der Waals surface area contributed by atoms with E-state index >= 15 is 0 Å². The maximum Gasteiger partial charge on any atom is 0.408 e. The van der Waals surface area contributed by atoms with Gasteiger partial charge >= 0.3 is 6.09 Å². The van der Waals surface area contributed by atoms with Crippen LogP contribution >= 0.6 is 0 Å². The number of aromatic nitrogens is 1. The largest absolute Gasteiger partial charge is 0.444 e. The maximum absolute atomic E-state index is 12.8. The van der Waals surface area contributed by atoms with Crippen molar-refractivity contribution >= 4 is 11.7 Å². The molecule has 0 aliphatic heterocycles. The van der Waals surface area contributed by atoms with Gasteiger partial charge in [0.05, 0.1) is 18.3 Å². The molecule has 1 aromatic heterocycles. The second-order valence-corrected chi connectivity index (χ2v) is 10.3. The number of rotatable bonds is 8. The van der Waals surface area contributed by atoms with E-state index in [0.29, 0.717) is 0 Å². The number of carbonyl (C=O) groups is 1. The molecule has 0 saturated carbocycles. The molecular formula is C28H38N2O3. The molecular weight excluding hydrogens is 412 g/mol. The zero-order valence-electron chi connectivity index (χ0n) is 20.7. The van der Waals surface area contributed by atoms with Crippen molar-refractivity contribution in [2.45, 2.75) is 85.0 Å². The number of aryl methyl sites for hydroxylation is 1. The van der Waals surface area contributed by atoms with Crippen LogP contribution in [0.2, 0.25) is 0 Å². The van der Waals surface area contributed by atoms with Crippen molar-refractivity contribution in [2.75, 3.05) is 0 Å². The van der Waals surface area contributed by atoms with Crippen LogP contribution in [0.1, 0.15) is 87.5 Å². The van der Waals surface area contributed by atoms with Gasteiger partial charge in [0.15, 0.2) is 0 Å². The lowest BCUT2D eigenvalue weighted by Crippen LogP contribution is -2.41. The Morgan fingerprint density at radius 2 is 1.97 bits per heavy atom. The molecule has 5 heteroatoms. The number of carbonyl (C=O) groups excluding carboxylic acids is 1. The fourth-order valence-corrected chi connectivity index (χ4v) is 5.07. The number of benzene rings is 1. The first-order chi connectivity index (χ1) is 15.6. The van der Waals surface area contributed by atoms with E-state index in [1.807, 2.05) is 45.9 Å². The highest BCUT2D eigenvalue weighted by Crippen LogP contribution is 2.52. The van der Waals surface area contributed by atoms with Crippen LogP contribution in [-0.4, -0.2) is 21.8 Å². The molecule has 0 spiro atoms. The maximum atomic E-state index is 12.8. The lowest BCUT2D eigenvalue weighted by Gasteiger charge is -2.37. The molecule has 0 fully saturated rings. The minimum absolute atomic E-state index is 0.0595. The van der Waals surface area contributed by atoms with Crippen molar-refractivity contribution < 1.29 is 14.6 Å². The van der Waals surface area contributed by atoms with Crippen LogP contribution in [0.15, 0.2) is 43.0 Å². The van der Waals surface area contributed by atoms with Gasteiger partial charge in [-0.05, 0) is 81.6 Å². The summed E-state index contributed by atoms with van der Waals surface area (Å²) >= 11 is 0. The number of aliphatic hydroxyl groups excluding tert-OH is 1. The normalized spacial score (nSPS) is 19.8. The van der Waals surface area contributed by atoms with Crippen molar-refractivity contribution in [3.05, 3.63) is 71.1 Å². The summed E-state index contributed by atoms with van der Waals surface area (Å²) in [6.45, 7) is 14.0. The SMILES string of the molecule is C=C(CCC1(CCC)Cc2ccccc2C1NC(=O)OC(C)(C)C)c1nc(C)ccc1CO. The highest BCUT2D eigenvalue weighted by molar-refractivity contribution is 5.69. The fraction of sp³-hybridized carbons (Fsp3) is 0.500. The number of fused-ring (bicyclic) bond motifs is 1. The molecule has 0 saturated heterocycles. The van der Waals surface area contributed by atoms with Crippen LogP contribution in [0.25, 0.3) is 5.57 Å². The fourth-order valence-electron chi connectivity index (χ4n) is 5.07. The van der Waals surface area contributed by atoms with Crippen molar-refractivity contribution in [3.8, 4) is 0 Å². The zero-order chi connectivity index (χ0) is 24.2. The molecule has 1 heterocycles. The van der Waals surface area contributed by atoms with Crippen LogP contribution in [0.4, 0.5) is 4.79 Å². The second kappa shape index (κ2) is 10.1. The molecule has 1 aliphatic carbocycles. The lowest BCUT2D eigenvalue weighted by atomic mass is 9.72. The standard InChI is InChI=1S/C28H38N2O3/c1-7-15-28(16-14-19(2)24-22(18-31)13-12-20(3)29-24)17-21-10-8-9-11-23(21)25(28)30-26(32)33-27(4,5)6/h8-13,25,31H,2,7,14-18H2,1,3-6H3,(H,30,32). The third kappa shape index (κ3) is 5.83. The van der Waals surface area contributed by atoms with Crippen molar-refractivity contribution in [3.63, 3.8) is 0 Å².